The first-order valence-electron chi connectivity index (χ1n) is 10.5. The number of halogens is 1. The van der Waals surface area contributed by atoms with E-state index in [4.69, 9.17) is 15.2 Å². The molecule has 2 aliphatic heterocycles. The Labute approximate surface area is 181 Å². The number of hydrogen-bond donors (Lipinski definition) is 1. The molecule has 0 aromatic heterocycles. The zero-order chi connectivity index (χ0) is 22.9. The first-order valence-corrected chi connectivity index (χ1v) is 10.5. The number of anilines is 1. The van der Waals surface area contributed by atoms with Gasteiger partial charge in [-0.3, -0.25) is 14.5 Å². The van der Waals surface area contributed by atoms with Gasteiger partial charge in [0, 0.05) is 30.7 Å². The normalized spacial score (nSPS) is 24.7. The number of hydrogen-bond acceptors (Lipinski definition) is 6. The van der Waals surface area contributed by atoms with Gasteiger partial charge in [-0.1, -0.05) is 13.0 Å². The van der Waals surface area contributed by atoms with Gasteiger partial charge in [-0.2, -0.15) is 0 Å². The maximum atomic E-state index is 13.8. The molecule has 9 heteroatoms. The van der Waals surface area contributed by atoms with Crippen molar-refractivity contribution < 1.29 is 28.2 Å². The third-order valence-corrected chi connectivity index (χ3v) is 6.18. The van der Waals surface area contributed by atoms with Crippen LogP contribution in [-0.4, -0.2) is 60.3 Å². The van der Waals surface area contributed by atoms with Crippen LogP contribution in [0.4, 0.5) is 14.9 Å². The standard InChI is InChI=1S/C22H30FN3O5/c1-5-14-8-17(30-20(14)28)18(31-21(24)29)10-25-11-19(27)26(12-22(25,3)4)16-9-15(23)7-6-13(16)2/h6-7,9,14,17-18H,5,8,10-12H2,1-4H3,(H2,24,29)/t14-,17+,18+/m1/s1. The van der Waals surface area contributed by atoms with E-state index in [2.05, 4.69) is 0 Å². The lowest BCUT2D eigenvalue weighted by molar-refractivity contribution is -0.149. The van der Waals surface area contributed by atoms with E-state index in [1.807, 2.05) is 32.6 Å². The van der Waals surface area contributed by atoms with E-state index in [-0.39, 0.29) is 30.9 Å². The molecule has 3 rings (SSSR count). The number of esters is 1. The highest BCUT2D eigenvalue weighted by molar-refractivity contribution is 5.96. The van der Waals surface area contributed by atoms with Crippen molar-refractivity contribution in [3.05, 3.63) is 29.6 Å². The smallest absolute Gasteiger partial charge is 0.404 e. The van der Waals surface area contributed by atoms with E-state index in [1.165, 1.54) is 12.1 Å². The molecule has 8 nitrogen and oxygen atoms in total. The largest absolute Gasteiger partial charge is 0.458 e. The summed E-state index contributed by atoms with van der Waals surface area (Å²) in [4.78, 5) is 40.0. The van der Waals surface area contributed by atoms with Gasteiger partial charge in [-0.25, -0.2) is 9.18 Å². The Morgan fingerprint density at radius 1 is 1.39 bits per heavy atom. The maximum Gasteiger partial charge on any atom is 0.404 e. The summed E-state index contributed by atoms with van der Waals surface area (Å²) in [5, 5.41) is 0. The summed E-state index contributed by atoms with van der Waals surface area (Å²) in [5.41, 5.74) is 6.09. The second kappa shape index (κ2) is 8.82. The zero-order valence-electron chi connectivity index (χ0n) is 18.4. The van der Waals surface area contributed by atoms with Gasteiger partial charge in [-0.15, -0.1) is 0 Å². The first kappa shape index (κ1) is 23.0. The minimum atomic E-state index is -0.959. The van der Waals surface area contributed by atoms with Gasteiger partial charge in [0.05, 0.1) is 12.5 Å². The van der Waals surface area contributed by atoms with Gasteiger partial charge >= 0.3 is 12.1 Å². The molecule has 31 heavy (non-hydrogen) atoms. The maximum absolute atomic E-state index is 13.8. The summed E-state index contributed by atoms with van der Waals surface area (Å²) in [6, 6.07) is 4.37. The predicted molar refractivity (Wildman–Crippen MR) is 112 cm³/mol. The molecule has 0 spiro atoms. The summed E-state index contributed by atoms with van der Waals surface area (Å²) in [6.45, 7) is 8.19. The Morgan fingerprint density at radius 2 is 2.10 bits per heavy atom. The SMILES string of the molecule is CC[C@@H]1C[C@@H]([C@H](CN2CC(=O)N(c3cc(F)ccc3C)CC2(C)C)OC(N)=O)OC1=O. The number of amides is 2. The zero-order valence-corrected chi connectivity index (χ0v) is 18.4. The molecule has 2 N–H and O–H groups in total. The van der Waals surface area contributed by atoms with Crippen molar-refractivity contribution in [1.29, 1.82) is 0 Å². The molecule has 3 atom stereocenters. The quantitative estimate of drug-likeness (QED) is 0.689. The number of benzene rings is 1. The number of ether oxygens (including phenoxy) is 2. The van der Waals surface area contributed by atoms with Gasteiger partial charge in [0.2, 0.25) is 5.91 Å². The predicted octanol–water partition coefficient (Wildman–Crippen LogP) is 2.37. The number of aryl methyl sites for hydroxylation is 1. The molecular weight excluding hydrogens is 405 g/mol. The number of nitrogens with two attached hydrogens (primary N) is 1. The monoisotopic (exact) mass is 435 g/mol. The number of carbonyl (C=O) groups excluding carboxylic acids is 3. The average molecular weight is 435 g/mol. The van der Waals surface area contributed by atoms with E-state index < -0.39 is 29.7 Å². The van der Waals surface area contributed by atoms with Crippen LogP contribution in [0.1, 0.15) is 39.2 Å². The highest BCUT2D eigenvalue weighted by Gasteiger charge is 2.45. The molecular formula is C22H30FN3O5. The van der Waals surface area contributed by atoms with Crippen LogP contribution in [0.25, 0.3) is 0 Å². The fourth-order valence-corrected chi connectivity index (χ4v) is 4.27. The molecule has 0 bridgehead atoms. The number of nitrogens with zero attached hydrogens (tertiary/aromatic N) is 2. The van der Waals surface area contributed by atoms with Crippen molar-refractivity contribution in [2.75, 3.05) is 24.5 Å². The van der Waals surface area contributed by atoms with Gasteiger partial charge in [0.15, 0.2) is 6.10 Å². The van der Waals surface area contributed by atoms with E-state index in [0.717, 1.165) is 5.56 Å². The molecule has 2 heterocycles. The molecule has 1 aromatic rings. The van der Waals surface area contributed by atoms with Crippen molar-refractivity contribution in [3.8, 4) is 0 Å². The van der Waals surface area contributed by atoms with Crippen LogP contribution in [0.2, 0.25) is 0 Å². The number of rotatable bonds is 6. The fraction of sp³-hybridized carbons (Fsp3) is 0.591. The molecule has 170 valence electrons. The minimum absolute atomic E-state index is 0.0411. The lowest BCUT2D eigenvalue weighted by Gasteiger charge is -2.48. The third-order valence-electron chi connectivity index (χ3n) is 6.18. The van der Waals surface area contributed by atoms with Gasteiger partial charge < -0.3 is 20.1 Å². The Kier molecular flexibility index (Phi) is 6.54. The van der Waals surface area contributed by atoms with E-state index in [0.29, 0.717) is 25.1 Å². The minimum Gasteiger partial charge on any atom is -0.458 e. The topological polar surface area (TPSA) is 102 Å². The Balaban J connectivity index is 1.79. The van der Waals surface area contributed by atoms with Crippen LogP contribution in [0.5, 0.6) is 0 Å². The Bertz CT molecular complexity index is 875. The molecule has 0 saturated carbocycles. The summed E-state index contributed by atoms with van der Waals surface area (Å²) in [6.07, 6.45) is -1.29. The average Bonchev–Trinajstić information content (AvgIpc) is 3.06. The van der Waals surface area contributed by atoms with E-state index in [1.54, 1.807) is 11.0 Å². The molecule has 0 aliphatic carbocycles. The third kappa shape index (κ3) is 4.98. The second-order valence-corrected chi connectivity index (χ2v) is 8.90. The molecule has 2 amide bonds. The van der Waals surface area contributed by atoms with E-state index in [9.17, 15) is 18.8 Å². The van der Waals surface area contributed by atoms with Gasteiger partial charge in [-0.05, 0) is 44.9 Å². The Hall–Kier alpha value is -2.68. The number of carbonyl (C=O) groups is 3. The van der Waals surface area contributed by atoms with Crippen molar-refractivity contribution in [1.82, 2.24) is 4.90 Å². The van der Waals surface area contributed by atoms with Gasteiger partial charge in [0.1, 0.15) is 11.9 Å². The summed E-state index contributed by atoms with van der Waals surface area (Å²) < 4.78 is 24.6. The molecule has 2 saturated heterocycles. The van der Waals surface area contributed by atoms with Crippen LogP contribution >= 0.6 is 0 Å². The van der Waals surface area contributed by atoms with Crippen molar-refractivity contribution in [3.63, 3.8) is 0 Å². The summed E-state index contributed by atoms with van der Waals surface area (Å²) in [7, 11) is 0. The van der Waals surface area contributed by atoms with Crippen LogP contribution in [0.15, 0.2) is 18.2 Å². The van der Waals surface area contributed by atoms with E-state index >= 15 is 0 Å². The number of primary amides is 1. The highest BCUT2D eigenvalue weighted by Crippen LogP contribution is 2.32. The van der Waals surface area contributed by atoms with Crippen molar-refractivity contribution in [2.45, 2.75) is 58.3 Å². The molecule has 1 aromatic carbocycles. The van der Waals surface area contributed by atoms with Crippen molar-refractivity contribution in [2.24, 2.45) is 11.7 Å². The molecule has 0 radical (unpaired) electrons. The number of piperazine rings is 1. The lowest BCUT2D eigenvalue weighted by atomic mass is 9.94. The van der Waals surface area contributed by atoms with Crippen LogP contribution < -0.4 is 10.6 Å². The van der Waals surface area contributed by atoms with Crippen molar-refractivity contribution >= 4 is 23.7 Å². The lowest BCUT2D eigenvalue weighted by Crippen LogP contribution is -2.64. The van der Waals surface area contributed by atoms with Gasteiger partial charge in [0.25, 0.3) is 0 Å². The van der Waals surface area contributed by atoms with Crippen LogP contribution in [0, 0.1) is 18.7 Å². The summed E-state index contributed by atoms with van der Waals surface area (Å²) >= 11 is 0. The molecule has 2 fully saturated rings. The number of cyclic esters (lactones) is 1. The second-order valence-electron chi connectivity index (χ2n) is 8.90. The first-order chi connectivity index (χ1) is 14.5. The fourth-order valence-electron chi connectivity index (χ4n) is 4.27. The molecule has 0 unspecified atom stereocenters. The molecule has 2 aliphatic rings. The Morgan fingerprint density at radius 3 is 2.71 bits per heavy atom. The van der Waals surface area contributed by atoms with Crippen LogP contribution in [-0.2, 0) is 19.1 Å². The van der Waals surface area contributed by atoms with Crippen LogP contribution in [0.3, 0.4) is 0 Å². The summed E-state index contributed by atoms with van der Waals surface area (Å²) in [5.74, 6) is -1.16. The highest BCUT2D eigenvalue weighted by atomic mass is 19.1.